The molecule has 4 heteroatoms. The van der Waals surface area contributed by atoms with E-state index in [0.29, 0.717) is 0 Å². The van der Waals surface area contributed by atoms with Crippen molar-refractivity contribution in [1.29, 1.82) is 0 Å². The van der Waals surface area contributed by atoms with Crippen LogP contribution >= 0.6 is 0 Å². The summed E-state index contributed by atoms with van der Waals surface area (Å²) in [6.07, 6.45) is 12.5. The van der Waals surface area contributed by atoms with Crippen LogP contribution in [-0.4, -0.2) is 37.3 Å². The van der Waals surface area contributed by atoms with Crippen LogP contribution in [0.1, 0.15) is 34.6 Å². The molecule has 0 spiro atoms. The average Bonchev–Trinajstić information content (AvgIpc) is 3.07. The van der Waals surface area contributed by atoms with Crippen LogP contribution in [0.15, 0.2) is 73.3 Å². The molecule has 2 aromatic carbocycles. The molecule has 0 unspecified atom stereocenters. The fourth-order valence-corrected chi connectivity index (χ4v) is 9.82. The first-order chi connectivity index (χ1) is 15.4. The first kappa shape index (κ1) is 25.0. The maximum absolute atomic E-state index is 11.4. The lowest BCUT2D eigenvalue weighted by Crippen LogP contribution is -2.72. The van der Waals surface area contributed by atoms with Crippen LogP contribution < -0.4 is 10.4 Å². The molecule has 0 aromatic heterocycles. The summed E-state index contributed by atoms with van der Waals surface area (Å²) in [5.74, 6) is 5.15. The number of ether oxygens (including phenoxy) is 1. The van der Waals surface area contributed by atoms with E-state index in [2.05, 4.69) is 63.5 Å². The van der Waals surface area contributed by atoms with Gasteiger partial charge in [-0.15, -0.1) is 12.8 Å². The zero-order chi connectivity index (χ0) is 24.5. The molecule has 172 valence electrons. The average molecular weight is 459 g/mol. The van der Waals surface area contributed by atoms with Gasteiger partial charge < -0.3 is 14.3 Å². The number of benzene rings is 2. The minimum atomic E-state index is -3.00. The predicted molar refractivity (Wildman–Crippen MR) is 138 cm³/mol. The molecule has 1 aliphatic heterocycles. The van der Waals surface area contributed by atoms with Crippen molar-refractivity contribution in [2.24, 2.45) is 5.41 Å². The molecule has 0 radical (unpaired) electrons. The Bertz CT molecular complexity index is 1030. The van der Waals surface area contributed by atoms with Crippen molar-refractivity contribution in [1.82, 2.24) is 0 Å². The molecule has 2 aromatic rings. The molecule has 3 atom stereocenters. The summed E-state index contributed by atoms with van der Waals surface area (Å²) in [5, 5.41) is 13.4. The fraction of sp³-hybridized carbons (Fsp3) is 0.379. The largest absolute Gasteiger partial charge is 0.400 e. The molecule has 1 saturated heterocycles. The van der Waals surface area contributed by atoms with Crippen LogP contribution in [0.3, 0.4) is 0 Å². The Kier molecular flexibility index (Phi) is 6.55. The number of hydrogen-bond donors (Lipinski definition) is 1. The highest BCUT2D eigenvalue weighted by atomic mass is 28.4. The Morgan fingerprint density at radius 1 is 1.06 bits per heavy atom. The highest BCUT2D eigenvalue weighted by Gasteiger charge is 2.66. The maximum atomic E-state index is 11.4. The third kappa shape index (κ3) is 3.78. The lowest BCUT2D eigenvalue weighted by atomic mass is 9.72. The van der Waals surface area contributed by atoms with Crippen LogP contribution in [-0.2, 0) is 9.16 Å². The molecule has 0 bridgehead atoms. The van der Waals surface area contributed by atoms with Gasteiger partial charge in [-0.3, -0.25) is 0 Å². The van der Waals surface area contributed by atoms with E-state index >= 15 is 0 Å². The van der Waals surface area contributed by atoms with Crippen molar-refractivity contribution in [3.8, 4) is 24.7 Å². The van der Waals surface area contributed by atoms with Gasteiger partial charge in [0.05, 0.1) is 12.7 Å². The summed E-state index contributed by atoms with van der Waals surface area (Å²) >= 11 is 0. The van der Waals surface area contributed by atoms with Gasteiger partial charge in [0, 0.05) is 5.41 Å². The van der Waals surface area contributed by atoms with Crippen molar-refractivity contribution in [3.63, 3.8) is 0 Å². The van der Waals surface area contributed by atoms with Crippen LogP contribution in [0.4, 0.5) is 0 Å². The lowest BCUT2D eigenvalue weighted by molar-refractivity contribution is -0.106. The molecular weight excluding hydrogens is 424 g/mol. The summed E-state index contributed by atoms with van der Waals surface area (Å²) < 4.78 is 13.6. The van der Waals surface area contributed by atoms with Crippen LogP contribution in [0.2, 0.25) is 5.04 Å². The minimum Gasteiger partial charge on any atom is -0.400 e. The highest BCUT2D eigenvalue weighted by Crippen LogP contribution is 2.50. The topological polar surface area (TPSA) is 38.7 Å². The van der Waals surface area contributed by atoms with E-state index in [9.17, 15) is 5.11 Å². The van der Waals surface area contributed by atoms with Gasteiger partial charge in [0.15, 0.2) is 11.2 Å². The van der Waals surface area contributed by atoms with Gasteiger partial charge in [0.1, 0.15) is 0 Å². The van der Waals surface area contributed by atoms with E-state index in [0.717, 1.165) is 10.4 Å². The number of aliphatic hydroxyl groups is 1. The molecule has 1 fully saturated rings. The highest BCUT2D eigenvalue weighted by molar-refractivity contribution is 6.99. The Labute approximate surface area is 200 Å². The Morgan fingerprint density at radius 3 is 1.91 bits per heavy atom. The van der Waals surface area contributed by atoms with Crippen molar-refractivity contribution >= 4 is 18.7 Å². The standard InChI is InChI=1S/C29H34O3Si/c1-9-28(30,10-2)29(11-3)25(27(7,8)22-31-29)32-33(26(4,5)6,23-18-14-12-15-19-23)24-20-16-13-17-21-24/h1,3,10,12-21,25,30H,2,22H2,4-8H3/t25-,28-,29-/m1/s1. The molecule has 1 heterocycles. The van der Waals surface area contributed by atoms with Gasteiger partial charge in [-0.05, 0) is 21.5 Å². The van der Waals surface area contributed by atoms with Crippen molar-refractivity contribution in [2.75, 3.05) is 6.61 Å². The van der Waals surface area contributed by atoms with Crippen LogP contribution in [0.25, 0.3) is 0 Å². The third-order valence-electron chi connectivity index (χ3n) is 6.76. The van der Waals surface area contributed by atoms with E-state index in [-0.39, 0.29) is 11.6 Å². The van der Waals surface area contributed by atoms with E-state index < -0.39 is 31.0 Å². The summed E-state index contributed by atoms with van der Waals surface area (Å²) in [5.41, 5.74) is -4.00. The Hall–Kier alpha value is -2.60. The van der Waals surface area contributed by atoms with Crippen molar-refractivity contribution in [2.45, 2.75) is 57.0 Å². The number of terminal acetylenes is 2. The van der Waals surface area contributed by atoms with E-state index in [1.807, 2.05) is 50.2 Å². The Morgan fingerprint density at radius 2 is 1.55 bits per heavy atom. The number of hydrogen-bond acceptors (Lipinski definition) is 3. The molecule has 3 nitrogen and oxygen atoms in total. The fourth-order valence-electron chi connectivity index (χ4n) is 4.97. The smallest absolute Gasteiger partial charge is 0.261 e. The molecule has 0 amide bonds. The van der Waals surface area contributed by atoms with Gasteiger partial charge in [0.25, 0.3) is 8.32 Å². The third-order valence-corrected chi connectivity index (χ3v) is 11.8. The maximum Gasteiger partial charge on any atom is 0.261 e. The Balaban J connectivity index is 2.36. The lowest BCUT2D eigenvalue weighted by Gasteiger charge is -2.50. The minimum absolute atomic E-state index is 0.281. The SMILES string of the molecule is C#C[C@@](O)(C=C)[C@]1(C#C)OCC(C)(C)[C@H]1O[Si](c1ccccc1)(c1ccccc1)C(C)(C)C. The van der Waals surface area contributed by atoms with E-state index in [1.165, 1.54) is 6.08 Å². The van der Waals surface area contributed by atoms with Gasteiger partial charge in [0.2, 0.25) is 0 Å². The van der Waals surface area contributed by atoms with Gasteiger partial charge in [-0.2, -0.15) is 0 Å². The monoisotopic (exact) mass is 458 g/mol. The molecular formula is C29H34O3Si. The van der Waals surface area contributed by atoms with Crippen molar-refractivity contribution < 1.29 is 14.3 Å². The summed E-state index contributed by atoms with van der Waals surface area (Å²) in [6.45, 7) is 14.7. The van der Waals surface area contributed by atoms with Crippen molar-refractivity contribution in [3.05, 3.63) is 73.3 Å². The molecule has 33 heavy (non-hydrogen) atoms. The second kappa shape index (κ2) is 8.63. The molecule has 0 aliphatic carbocycles. The number of rotatable bonds is 6. The molecule has 3 rings (SSSR count). The quantitative estimate of drug-likeness (QED) is 0.405. The summed E-state index contributed by atoms with van der Waals surface area (Å²) in [7, 11) is -3.00. The van der Waals surface area contributed by atoms with Crippen LogP contribution in [0.5, 0.6) is 0 Å². The first-order valence-corrected chi connectivity index (χ1v) is 13.1. The van der Waals surface area contributed by atoms with Gasteiger partial charge in [-0.1, -0.05) is 114 Å². The first-order valence-electron chi connectivity index (χ1n) is 11.2. The van der Waals surface area contributed by atoms with E-state index in [4.69, 9.17) is 22.0 Å². The summed E-state index contributed by atoms with van der Waals surface area (Å²) in [4.78, 5) is 0. The summed E-state index contributed by atoms with van der Waals surface area (Å²) in [6, 6.07) is 20.6. The molecule has 1 aliphatic rings. The second-order valence-electron chi connectivity index (χ2n) is 10.4. The van der Waals surface area contributed by atoms with Crippen LogP contribution in [0, 0.1) is 30.1 Å². The molecule has 1 N–H and O–H groups in total. The second-order valence-corrected chi connectivity index (χ2v) is 14.7. The zero-order valence-corrected chi connectivity index (χ0v) is 21.3. The normalized spacial score (nSPS) is 24.3. The van der Waals surface area contributed by atoms with Gasteiger partial charge in [-0.25, -0.2) is 0 Å². The van der Waals surface area contributed by atoms with Gasteiger partial charge >= 0.3 is 0 Å². The zero-order valence-electron chi connectivity index (χ0n) is 20.3. The predicted octanol–water partition coefficient (Wildman–Crippen LogP) is 3.91. The molecule has 0 saturated carbocycles. The van der Waals surface area contributed by atoms with E-state index in [1.54, 1.807) is 0 Å².